The summed E-state index contributed by atoms with van der Waals surface area (Å²) < 4.78 is 12.8. The number of hydrogen-bond donors (Lipinski definition) is 1. The van der Waals surface area contributed by atoms with E-state index < -0.39 is 0 Å². The highest BCUT2D eigenvalue weighted by molar-refractivity contribution is 5.76. The van der Waals surface area contributed by atoms with E-state index in [-0.39, 0.29) is 5.82 Å². The highest BCUT2D eigenvalue weighted by Gasteiger charge is 2.18. The van der Waals surface area contributed by atoms with E-state index in [0.29, 0.717) is 0 Å². The molecule has 1 aliphatic rings. The fourth-order valence-electron chi connectivity index (χ4n) is 1.98. The molecule has 0 amide bonds. The number of nitrogens with zero attached hydrogens (tertiary/aromatic N) is 1. The average Bonchev–Trinajstić information content (AvgIpc) is 2.76. The fourth-order valence-corrected chi connectivity index (χ4v) is 1.98. The first-order valence-electron chi connectivity index (χ1n) is 5.53. The van der Waals surface area contributed by atoms with E-state index in [9.17, 15) is 4.39 Å². The third kappa shape index (κ3) is 1.96. The second-order valence-electron chi connectivity index (χ2n) is 4.04. The van der Waals surface area contributed by atoms with Gasteiger partial charge in [-0.25, -0.2) is 4.39 Å². The molecule has 0 unspecified atom stereocenters. The summed E-state index contributed by atoms with van der Waals surface area (Å²) in [5, 5.41) is 3.21. The lowest BCUT2D eigenvalue weighted by Gasteiger charge is -2.17. The van der Waals surface area contributed by atoms with Crippen LogP contribution in [0.1, 0.15) is 5.56 Å². The minimum Gasteiger partial charge on any atom is -0.360 e. The third-order valence-electron chi connectivity index (χ3n) is 2.86. The van der Waals surface area contributed by atoms with Crippen molar-refractivity contribution < 1.29 is 4.39 Å². The van der Waals surface area contributed by atoms with Crippen molar-refractivity contribution in [1.82, 2.24) is 0 Å². The van der Waals surface area contributed by atoms with Crippen LogP contribution in [-0.4, -0.2) is 0 Å². The zero-order chi connectivity index (χ0) is 11.7. The molecule has 0 aliphatic carbocycles. The number of fused-ring (bicyclic) bond motifs is 1. The van der Waals surface area contributed by atoms with Crippen molar-refractivity contribution in [2.75, 3.05) is 10.2 Å². The molecule has 1 N–H and O–H groups in total. The molecular weight excluding hydrogens is 215 g/mol. The van der Waals surface area contributed by atoms with Gasteiger partial charge in [0.1, 0.15) is 12.5 Å². The lowest BCUT2D eigenvalue weighted by atomic mass is 10.2. The maximum absolute atomic E-state index is 12.8. The molecule has 3 heteroatoms. The van der Waals surface area contributed by atoms with E-state index in [2.05, 4.69) is 16.3 Å². The maximum atomic E-state index is 12.8. The van der Waals surface area contributed by atoms with Gasteiger partial charge in [0, 0.05) is 6.54 Å². The van der Waals surface area contributed by atoms with Crippen LogP contribution in [0.15, 0.2) is 48.5 Å². The molecular formula is C14H12FN2. The summed E-state index contributed by atoms with van der Waals surface area (Å²) in [7, 11) is 0. The third-order valence-corrected chi connectivity index (χ3v) is 2.86. The smallest absolute Gasteiger partial charge is 0.139 e. The second kappa shape index (κ2) is 4.09. The number of halogens is 1. The average molecular weight is 227 g/mol. The number of rotatable bonds is 2. The monoisotopic (exact) mass is 227 g/mol. The van der Waals surface area contributed by atoms with E-state index in [0.717, 1.165) is 23.5 Å². The molecule has 0 saturated heterocycles. The van der Waals surface area contributed by atoms with Gasteiger partial charge in [-0.15, -0.1) is 0 Å². The summed E-state index contributed by atoms with van der Waals surface area (Å²) >= 11 is 0. The van der Waals surface area contributed by atoms with Crippen LogP contribution in [0.4, 0.5) is 15.8 Å². The first-order chi connectivity index (χ1) is 8.33. The van der Waals surface area contributed by atoms with Crippen LogP contribution in [0, 0.1) is 12.5 Å². The van der Waals surface area contributed by atoms with E-state index in [1.54, 1.807) is 0 Å². The molecule has 1 heterocycles. The fraction of sp³-hybridized carbons (Fsp3) is 0.0714. The maximum Gasteiger partial charge on any atom is 0.139 e. The standard InChI is InChI=1S/C14H12FN2/c15-12-7-5-11(6-8-12)9-17-10-16-13-3-1-2-4-14(13)17/h1-8,10,16H,9H2. The highest BCUT2D eigenvalue weighted by atomic mass is 19.1. The Morgan fingerprint density at radius 1 is 1.00 bits per heavy atom. The summed E-state index contributed by atoms with van der Waals surface area (Å²) in [4.78, 5) is 2.11. The van der Waals surface area contributed by atoms with Crippen LogP contribution in [0.3, 0.4) is 0 Å². The Morgan fingerprint density at radius 2 is 1.76 bits per heavy atom. The summed E-state index contributed by atoms with van der Waals surface area (Å²) in [6, 6.07) is 14.7. The zero-order valence-corrected chi connectivity index (χ0v) is 9.23. The first-order valence-corrected chi connectivity index (χ1v) is 5.53. The highest BCUT2D eigenvalue weighted by Crippen LogP contribution is 2.33. The molecule has 0 bridgehead atoms. The van der Waals surface area contributed by atoms with Crippen LogP contribution in [-0.2, 0) is 6.54 Å². The van der Waals surface area contributed by atoms with Gasteiger partial charge >= 0.3 is 0 Å². The van der Waals surface area contributed by atoms with Crippen molar-refractivity contribution in [3.8, 4) is 0 Å². The van der Waals surface area contributed by atoms with Gasteiger partial charge in [0.25, 0.3) is 0 Å². The predicted molar refractivity (Wildman–Crippen MR) is 66.9 cm³/mol. The van der Waals surface area contributed by atoms with Gasteiger partial charge in [-0.1, -0.05) is 24.3 Å². The first kappa shape index (κ1) is 10.1. The molecule has 2 aromatic carbocycles. The minimum atomic E-state index is -0.197. The lowest BCUT2D eigenvalue weighted by molar-refractivity contribution is 0.627. The Hall–Kier alpha value is -2.03. The molecule has 85 valence electrons. The van der Waals surface area contributed by atoms with Gasteiger partial charge < -0.3 is 10.2 Å². The number of nitrogens with one attached hydrogen (secondary N) is 1. The number of hydrogen-bond acceptors (Lipinski definition) is 2. The van der Waals surface area contributed by atoms with Crippen molar-refractivity contribution >= 4 is 11.4 Å². The topological polar surface area (TPSA) is 15.3 Å². The Bertz CT molecular complexity index is 522. The molecule has 3 rings (SSSR count). The summed E-state index contributed by atoms with van der Waals surface area (Å²) in [5.41, 5.74) is 3.34. The summed E-state index contributed by atoms with van der Waals surface area (Å²) in [6.07, 6.45) is 0. The Labute approximate surface area is 99.7 Å². The number of benzene rings is 2. The van der Waals surface area contributed by atoms with E-state index in [4.69, 9.17) is 0 Å². The van der Waals surface area contributed by atoms with Crippen LogP contribution in [0.5, 0.6) is 0 Å². The second-order valence-corrected chi connectivity index (χ2v) is 4.04. The summed E-state index contributed by atoms with van der Waals surface area (Å²) in [6.45, 7) is 2.68. The van der Waals surface area contributed by atoms with Crippen molar-refractivity contribution in [3.63, 3.8) is 0 Å². The molecule has 0 spiro atoms. The van der Waals surface area contributed by atoms with Crippen molar-refractivity contribution in [2.24, 2.45) is 0 Å². The van der Waals surface area contributed by atoms with Crippen molar-refractivity contribution in [2.45, 2.75) is 6.54 Å². The molecule has 2 aromatic rings. The number of anilines is 2. The molecule has 0 aromatic heterocycles. The minimum absolute atomic E-state index is 0.197. The van der Waals surface area contributed by atoms with E-state index in [1.165, 1.54) is 12.1 Å². The van der Waals surface area contributed by atoms with Crippen molar-refractivity contribution in [1.29, 1.82) is 0 Å². The van der Waals surface area contributed by atoms with Crippen LogP contribution in [0.25, 0.3) is 0 Å². The van der Waals surface area contributed by atoms with Gasteiger partial charge in [-0.2, -0.15) is 0 Å². The Kier molecular flexibility index (Phi) is 2.44. The SMILES string of the molecule is Fc1ccc(CN2[CH]Nc3ccccc32)cc1. The number of para-hydroxylation sites is 2. The van der Waals surface area contributed by atoms with E-state index >= 15 is 0 Å². The molecule has 2 nitrogen and oxygen atoms in total. The van der Waals surface area contributed by atoms with Gasteiger partial charge in [0.05, 0.1) is 11.4 Å². The quantitative estimate of drug-likeness (QED) is 0.846. The normalized spacial score (nSPS) is 13.4. The zero-order valence-electron chi connectivity index (χ0n) is 9.23. The summed E-state index contributed by atoms with van der Waals surface area (Å²) in [5.74, 6) is -0.197. The van der Waals surface area contributed by atoms with Gasteiger partial charge in [0.15, 0.2) is 0 Å². The lowest BCUT2D eigenvalue weighted by Crippen LogP contribution is -2.16. The molecule has 0 saturated carbocycles. The largest absolute Gasteiger partial charge is 0.360 e. The van der Waals surface area contributed by atoms with Crippen LogP contribution in [0.2, 0.25) is 0 Å². The molecule has 17 heavy (non-hydrogen) atoms. The van der Waals surface area contributed by atoms with Crippen LogP contribution < -0.4 is 10.2 Å². The molecule has 1 aliphatic heterocycles. The van der Waals surface area contributed by atoms with E-state index in [1.807, 2.05) is 37.0 Å². The predicted octanol–water partition coefficient (Wildman–Crippen LogP) is 3.38. The van der Waals surface area contributed by atoms with Crippen molar-refractivity contribution in [3.05, 3.63) is 66.6 Å². The molecule has 1 radical (unpaired) electrons. The van der Waals surface area contributed by atoms with Gasteiger partial charge in [-0.05, 0) is 29.8 Å². The Balaban J connectivity index is 1.81. The van der Waals surface area contributed by atoms with Gasteiger partial charge in [-0.3, -0.25) is 0 Å². The molecule has 0 atom stereocenters. The molecule has 0 fully saturated rings. The Morgan fingerprint density at radius 3 is 2.59 bits per heavy atom. The van der Waals surface area contributed by atoms with Gasteiger partial charge in [0.2, 0.25) is 0 Å². The van der Waals surface area contributed by atoms with Crippen LogP contribution >= 0.6 is 0 Å².